The van der Waals surface area contributed by atoms with Crippen LogP contribution >= 0.6 is 0 Å². The van der Waals surface area contributed by atoms with Crippen molar-refractivity contribution in [2.75, 3.05) is 0 Å². The van der Waals surface area contributed by atoms with Crippen LogP contribution in [0.1, 0.15) is 24.3 Å². The molecule has 0 nitrogen and oxygen atoms in total. The molecule has 0 unspecified atom stereocenters. The summed E-state index contributed by atoms with van der Waals surface area (Å²) in [6.45, 7) is 0. The molecule has 0 atom stereocenters. The molecular weight excluding hydrogens is 146 g/mol. The number of hydrogen-bond donors (Lipinski definition) is 0. The molecule has 1 fully saturated rings. The molecule has 0 bridgehead atoms. The first kappa shape index (κ1) is 6.77. The van der Waals surface area contributed by atoms with E-state index in [1.165, 1.54) is 6.07 Å². The average molecular weight is 153 g/mol. The van der Waals surface area contributed by atoms with E-state index < -0.39 is 11.6 Å². The first-order valence-electron chi connectivity index (χ1n) is 3.64. The summed E-state index contributed by atoms with van der Waals surface area (Å²) < 4.78 is 25.4. The minimum atomic E-state index is -0.852. The number of benzene rings is 1. The second-order valence-electron chi connectivity index (χ2n) is 2.84. The first-order chi connectivity index (χ1) is 5.29. The van der Waals surface area contributed by atoms with Crippen LogP contribution in [0.3, 0.4) is 0 Å². The molecule has 1 saturated carbocycles. The Hall–Kier alpha value is -0.920. The highest BCUT2D eigenvalue weighted by molar-refractivity contribution is 5.25. The highest BCUT2D eigenvalue weighted by atomic mass is 19.2. The van der Waals surface area contributed by atoms with Crippen molar-refractivity contribution in [3.63, 3.8) is 0 Å². The van der Waals surface area contributed by atoms with Crippen LogP contribution in [0.5, 0.6) is 0 Å². The van der Waals surface area contributed by atoms with Crippen LogP contribution < -0.4 is 0 Å². The van der Waals surface area contributed by atoms with Crippen LogP contribution in [0.15, 0.2) is 12.1 Å². The number of hydrogen-bond acceptors (Lipinski definition) is 0. The molecule has 0 heterocycles. The molecule has 0 aromatic heterocycles. The third kappa shape index (κ3) is 1.13. The second kappa shape index (κ2) is 2.29. The zero-order valence-electron chi connectivity index (χ0n) is 5.90. The van der Waals surface area contributed by atoms with E-state index in [0.29, 0.717) is 5.56 Å². The first-order valence-corrected chi connectivity index (χ1v) is 3.64. The zero-order chi connectivity index (χ0) is 7.84. The van der Waals surface area contributed by atoms with Gasteiger partial charge in [-0.1, -0.05) is 12.1 Å². The quantitative estimate of drug-likeness (QED) is 0.581. The smallest absolute Gasteiger partial charge is 0.167 e. The molecule has 1 aliphatic carbocycles. The molecule has 57 valence electrons. The van der Waals surface area contributed by atoms with E-state index in [2.05, 4.69) is 6.07 Å². The van der Waals surface area contributed by atoms with E-state index in [1.54, 1.807) is 6.07 Å². The Balaban J connectivity index is 2.45. The fourth-order valence-corrected chi connectivity index (χ4v) is 1.18. The molecule has 0 N–H and O–H groups in total. The molecular formula is C9H7F2. The third-order valence-electron chi connectivity index (χ3n) is 1.94. The van der Waals surface area contributed by atoms with Crippen molar-refractivity contribution in [2.45, 2.75) is 18.8 Å². The fraction of sp³-hybridized carbons (Fsp3) is 0.333. The topological polar surface area (TPSA) is 0 Å². The monoisotopic (exact) mass is 153 g/mol. The number of rotatable bonds is 1. The predicted octanol–water partition coefficient (Wildman–Crippen LogP) is 2.64. The van der Waals surface area contributed by atoms with Gasteiger partial charge in [0.05, 0.1) is 0 Å². The molecule has 1 aromatic carbocycles. The average Bonchev–Trinajstić information content (AvgIpc) is 2.77. The summed E-state index contributed by atoms with van der Waals surface area (Å²) in [6.07, 6.45) is 1.97. The molecule has 0 aliphatic heterocycles. The maximum Gasteiger partial charge on any atom is 0.167 e. The summed E-state index contributed by atoms with van der Waals surface area (Å²) in [5.41, 5.74) is 0.515. The Morgan fingerprint density at radius 1 is 1.36 bits per heavy atom. The van der Waals surface area contributed by atoms with E-state index in [1.807, 2.05) is 0 Å². The van der Waals surface area contributed by atoms with Gasteiger partial charge in [0.15, 0.2) is 11.6 Å². The summed E-state index contributed by atoms with van der Waals surface area (Å²) in [4.78, 5) is 0. The summed E-state index contributed by atoms with van der Waals surface area (Å²) >= 11 is 0. The molecule has 11 heavy (non-hydrogen) atoms. The maximum atomic E-state index is 12.9. The lowest BCUT2D eigenvalue weighted by Crippen LogP contribution is -1.90. The molecule has 1 radical (unpaired) electrons. The second-order valence-corrected chi connectivity index (χ2v) is 2.84. The molecule has 0 amide bonds. The van der Waals surface area contributed by atoms with Crippen molar-refractivity contribution in [1.29, 1.82) is 0 Å². The van der Waals surface area contributed by atoms with Crippen LogP contribution in [0.2, 0.25) is 0 Å². The Morgan fingerprint density at radius 3 is 2.73 bits per heavy atom. The van der Waals surface area contributed by atoms with Crippen molar-refractivity contribution < 1.29 is 8.78 Å². The van der Waals surface area contributed by atoms with Gasteiger partial charge in [-0.25, -0.2) is 8.78 Å². The van der Waals surface area contributed by atoms with Crippen molar-refractivity contribution in [3.8, 4) is 0 Å². The molecule has 2 rings (SSSR count). The van der Waals surface area contributed by atoms with Crippen molar-refractivity contribution in [3.05, 3.63) is 35.4 Å². The molecule has 1 aromatic rings. The van der Waals surface area contributed by atoms with Crippen LogP contribution in [-0.4, -0.2) is 0 Å². The molecule has 2 heteroatoms. The maximum absolute atomic E-state index is 12.9. The minimum absolute atomic E-state index is 0.263. The summed E-state index contributed by atoms with van der Waals surface area (Å²) in [5, 5.41) is 0. The zero-order valence-corrected chi connectivity index (χ0v) is 5.90. The fourth-order valence-electron chi connectivity index (χ4n) is 1.18. The van der Waals surface area contributed by atoms with Gasteiger partial charge in [0.1, 0.15) is 0 Å². The summed E-state index contributed by atoms with van der Waals surface area (Å²) in [5.74, 6) is -1.30. The molecule has 0 saturated heterocycles. The largest absolute Gasteiger partial charge is 0.203 e. The number of halogens is 2. The minimum Gasteiger partial charge on any atom is -0.203 e. The van der Waals surface area contributed by atoms with Crippen LogP contribution in [0.25, 0.3) is 0 Å². The van der Waals surface area contributed by atoms with Gasteiger partial charge < -0.3 is 0 Å². The van der Waals surface area contributed by atoms with E-state index in [9.17, 15) is 8.78 Å². The molecule has 1 aliphatic rings. The van der Waals surface area contributed by atoms with E-state index >= 15 is 0 Å². The van der Waals surface area contributed by atoms with Gasteiger partial charge in [-0.3, -0.25) is 0 Å². The predicted molar refractivity (Wildman–Crippen MR) is 37.2 cm³/mol. The van der Waals surface area contributed by atoms with Crippen LogP contribution in [-0.2, 0) is 0 Å². The van der Waals surface area contributed by atoms with Crippen LogP contribution in [0.4, 0.5) is 8.78 Å². The van der Waals surface area contributed by atoms with E-state index in [4.69, 9.17) is 0 Å². The van der Waals surface area contributed by atoms with Gasteiger partial charge in [0.25, 0.3) is 0 Å². The Morgan fingerprint density at radius 2 is 2.09 bits per heavy atom. The highest BCUT2D eigenvalue weighted by Gasteiger charge is 2.27. The Kier molecular flexibility index (Phi) is 1.41. The van der Waals surface area contributed by atoms with Crippen molar-refractivity contribution in [1.82, 2.24) is 0 Å². The lowest BCUT2D eigenvalue weighted by molar-refractivity contribution is 0.497. The lowest BCUT2D eigenvalue weighted by atomic mass is 10.1. The van der Waals surface area contributed by atoms with Crippen LogP contribution in [0, 0.1) is 17.7 Å². The normalized spacial score (nSPS) is 16.9. The van der Waals surface area contributed by atoms with E-state index in [-0.39, 0.29) is 5.92 Å². The Labute approximate surface area is 63.9 Å². The standard InChI is InChI=1S/C9H7F2/c10-8-3-1-2-7(9(8)11)6-4-5-6/h1-2,6H,4-5H2. The van der Waals surface area contributed by atoms with Gasteiger partial charge in [0, 0.05) is 6.07 Å². The summed E-state index contributed by atoms with van der Waals surface area (Å²) in [7, 11) is 0. The van der Waals surface area contributed by atoms with Gasteiger partial charge in [-0.2, -0.15) is 0 Å². The summed E-state index contributed by atoms with van der Waals surface area (Å²) in [6, 6.07) is 5.22. The van der Waals surface area contributed by atoms with Gasteiger partial charge in [-0.15, -0.1) is 0 Å². The van der Waals surface area contributed by atoms with Gasteiger partial charge in [-0.05, 0) is 24.3 Å². The Bertz CT molecular complexity index is 277. The SMILES string of the molecule is Fc1[c]ccc(C2CC2)c1F. The van der Waals surface area contributed by atoms with Gasteiger partial charge >= 0.3 is 0 Å². The van der Waals surface area contributed by atoms with Gasteiger partial charge in [0.2, 0.25) is 0 Å². The van der Waals surface area contributed by atoms with Crippen molar-refractivity contribution in [2.24, 2.45) is 0 Å². The lowest BCUT2D eigenvalue weighted by Gasteiger charge is -1.98. The van der Waals surface area contributed by atoms with Crippen molar-refractivity contribution >= 4 is 0 Å². The highest BCUT2D eigenvalue weighted by Crippen LogP contribution is 2.41. The molecule has 0 spiro atoms. The third-order valence-corrected chi connectivity index (χ3v) is 1.94. The van der Waals surface area contributed by atoms with E-state index in [0.717, 1.165) is 12.8 Å².